The van der Waals surface area contributed by atoms with Crippen molar-refractivity contribution in [2.45, 2.75) is 13.0 Å². The van der Waals surface area contributed by atoms with Crippen LogP contribution in [0.5, 0.6) is 0 Å². The van der Waals surface area contributed by atoms with Crippen molar-refractivity contribution in [3.63, 3.8) is 0 Å². The Kier molecular flexibility index (Phi) is 5.10. The first-order chi connectivity index (χ1) is 5.16. The molecule has 0 radical (unpaired) electrons. The fourth-order valence-electron chi connectivity index (χ4n) is 0.336. The lowest BCUT2D eigenvalue weighted by Gasteiger charge is -2.00. The van der Waals surface area contributed by atoms with Gasteiger partial charge in [0, 0.05) is 0 Å². The number of nitrogens with one attached hydrogen (secondary N) is 1. The molecule has 0 saturated carbocycles. The molecular weight excluding hydrogens is 148 g/mol. The molecule has 0 fully saturated rings. The number of nitrogens with zero attached hydrogens (tertiary/aromatic N) is 1. The molecule has 0 aromatic rings. The van der Waals surface area contributed by atoms with E-state index < -0.39 is 12.1 Å². The maximum absolute atomic E-state index is 10.4. The van der Waals surface area contributed by atoms with Crippen molar-refractivity contribution in [1.29, 1.82) is 0 Å². The standard InChI is InChI=1S/C6H12N2O3/c1-5(9)3-7-8-4-6(10)11-2/h4-5,7,9H,3H2,1-2H3/b8-4+. The first-order valence-corrected chi connectivity index (χ1v) is 3.18. The number of hydrazone groups is 1. The van der Waals surface area contributed by atoms with Crippen molar-refractivity contribution >= 4 is 12.2 Å². The Morgan fingerprint density at radius 1 is 1.91 bits per heavy atom. The molecule has 64 valence electrons. The van der Waals surface area contributed by atoms with Gasteiger partial charge in [-0.25, -0.2) is 4.79 Å². The van der Waals surface area contributed by atoms with E-state index in [4.69, 9.17) is 5.11 Å². The highest BCUT2D eigenvalue weighted by molar-refractivity contribution is 6.22. The number of carbonyl (C=O) groups is 1. The predicted octanol–water partition coefficient (Wildman–Crippen LogP) is -0.884. The number of esters is 1. The van der Waals surface area contributed by atoms with Crippen molar-refractivity contribution in [3.8, 4) is 0 Å². The zero-order valence-corrected chi connectivity index (χ0v) is 6.57. The van der Waals surface area contributed by atoms with Gasteiger partial charge in [-0.3, -0.25) is 0 Å². The third kappa shape index (κ3) is 6.79. The average molecular weight is 160 g/mol. The van der Waals surface area contributed by atoms with Crippen LogP contribution in [0.1, 0.15) is 6.92 Å². The molecule has 0 aromatic heterocycles. The zero-order valence-electron chi connectivity index (χ0n) is 6.57. The van der Waals surface area contributed by atoms with Gasteiger partial charge < -0.3 is 15.3 Å². The van der Waals surface area contributed by atoms with Crippen LogP contribution in [0.3, 0.4) is 0 Å². The van der Waals surface area contributed by atoms with Crippen LogP contribution >= 0.6 is 0 Å². The summed E-state index contributed by atoms with van der Waals surface area (Å²) in [4.78, 5) is 10.4. The zero-order chi connectivity index (χ0) is 8.69. The second kappa shape index (κ2) is 5.67. The van der Waals surface area contributed by atoms with Gasteiger partial charge in [-0.05, 0) is 6.92 Å². The molecule has 11 heavy (non-hydrogen) atoms. The summed E-state index contributed by atoms with van der Waals surface area (Å²) in [6.45, 7) is 1.92. The van der Waals surface area contributed by atoms with E-state index in [1.807, 2.05) is 0 Å². The third-order valence-corrected chi connectivity index (χ3v) is 0.849. The SMILES string of the molecule is COC(=O)/C=N/NCC(C)O. The number of hydrogen-bond donors (Lipinski definition) is 2. The van der Waals surface area contributed by atoms with E-state index in [0.29, 0.717) is 6.54 Å². The second-order valence-corrected chi connectivity index (χ2v) is 1.99. The van der Waals surface area contributed by atoms with Crippen molar-refractivity contribution in [2.75, 3.05) is 13.7 Å². The monoisotopic (exact) mass is 160 g/mol. The van der Waals surface area contributed by atoms with Crippen LogP contribution in [0.2, 0.25) is 0 Å². The summed E-state index contributed by atoms with van der Waals surface area (Å²) < 4.78 is 4.27. The lowest BCUT2D eigenvalue weighted by Crippen LogP contribution is -2.20. The summed E-state index contributed by atoms with van der Waals surface area (Å²) in [5.74, 6) is -0.525. The molecule has 0 aliphatic rings. The molecule has 0 spiro atoms. The maximum atomic E-state index is 10.4. The van der Waals surface area contributed by atoms with Gasteiger partial charge in [0.1, 0.15) is 6.21 Å². The number of rotatable bonds is 4. The topological polar surface area (TPSA) is 70.9 Å². The Morgan fingerprint density at radius 2 is 2.55 bits per heavy atom. The van der Waals surface area contributed by atoms with Crippen LogP contribution in [0.15, 0.2) is 5.10 Å². The molecule has 0 saturated heterocycles. The normalized spacial score (nSPS) is 13.0. The molecule has 0 heterocycles. The smallest absolute Gasteiger partial charge is 0.350 e. The van der Waals surface area contributed by atoms with Crippen LogP contribution in [0.4, 0.5) is 0 Å². The molecule has 2 N–H and O–H groups in total. The van der Waals surface area contributed by atoms with Crippen molar-refractivity contribution in [3.05, 3.63) is 0 Å². The van der Waals surface area contributed by atoms with E-state index in [9.17, 15) is 4.79 Å². The Balaban J connectivity index is 3.37. The van der Waals surface area contributed by atoms with Crippen LogP contribution < -0.4 is 5.43 Å². The van der Waals surface area contributed by atoms with Gasteiger partial charge in [-0.1, -0.05) is 0 Å². The summed E-state index contributed by atoms with van der Waals surface area (Å²) in [5, 5.41) is 12.2. The molecule has 1 unspecified atom stereocenters. The molecule has 5 nitrogen and oxygen atoms in total. The van der Waals surface area contributed by atoms with Gasteiger partial charge in [-0.2, -0.15) is 5.10 Å². The van der Waals surface area contributed by atoms with Gasteiger partial charge in [0.15, 0.2) is 0 Å². The maximum Gasteiger partial charge on any atom is 0.350 e. The molecule has 0 aliphatic heterocycles. The van der Waals surface area contributed by atoms with E-state index in [1.165, 1.54) is 7.11 Å². The van der Waals surface area contributed by atoms with Crippen molar-refractivity contribution < 1.29 is 14.6 Å². The highest BCUT2D eigenvalue weighted by Crippen LogP contribution is 1.73. The van der Waals surface area contributed by atoms with Gasteiger partial charge in [0.2, 0.25) is 0 Å². The number of carbonyl (C=O) groups excluding carboxylic acids is 1. The molecule has 1 atom stereocenters. The Bertz CT molecular complexity index is 145. The summed E-state index contributed by atoms with van der Waals surface area (Å²) in [6, 6.07) is 0. The first kappa shape index (κ1) is 9.90. The number of ether oxygens (including phenoxy) is 1. The largest absolute Gasteiger partial charge is 0.465 e. The first-order valence-electron chi connectivity index (χ1n) is 3.18. The molecule has 0 aromatic carbocycles. The number of hydrogen-bond acceptors (Lipinski definition) is 5. The van der Waals surface area contributed by atoms with Crippen molar-refractivity contribution in [2.24, 2.45) is 5.10 Å². The van der Waals surface area contributed by atoms with Gasteiger partial charge in [0.25, 0.3) is 0 Å². The average Bonchev–Trinajstić information content (AvgIpc) is 1.97. The Labute approximate surface area is 65.0 Å². The molecule has 0 bridgehead atoms. The fraction of sp³-hybridized carbons (Fsp3) is 0.667. The molecular formula is C6H12N2O3. The highest BCUT2D eigenvalue weighted by atomic mass is 16.5. The van der Waals surface area contributed by atoms with Gasteiger partial charge >= 0.3 is 5.97 Å². The quantitative estimate of drug-likeness (QED) is 0.318. The van der Waals surface area contributed by atoms with E-state index in [0.717, 1.165) is 6.21 Å². The summed E-state index contributed by atoms with van der Waals surface area (Å²) in [7, 11) is 1.27. The van der Waals surface area contributed by atoms with Gasteiger partial charge in [0.05, 0.1) is 19.8 Å². The van der Waals surface area contributed by atoms with E-state index in [2.05, 4.69) is 15.3 Å². The predicted molar refractivity (Wildman–Crippen MR) is 40.2 cm³/mol. The molecule has 0 aliphatic carbocycles. The summed E-state index contributed by atoms with van der Waals surface area (Å²) in [6.07, 6.45) is 0.521. The Hall–Kier alpha value is -1.10. The Morgan fingerprint density at radius 3 is 3.00 bits per heavy atom. The molecule has 0 amide bonds. The fourth-order valence-corrected chi connectivity index (χ4v) is 0.336. The number of aliphatic hydroxyl groups is 1. The lowest BCUT2D eigenvalue weighted by atomic mass is 10.4. The van der Waals surface area contributed by atoms with Crippen LogP contribution in [0.25, 0.3) is 0 Å². The van der Waals surface area contributed by atoms with E-state index in [1.54, 1.807) is 6.92 Å². The minimum atomic E-state index is -0.525. The highest BCUT2D eigenvalue weighted by Gasteiger charge is 1.92. The van der Waals surface area contributed by atoms with Gasteiger partial charge in [-0.15, -0.1) is 0 Å². The van der Waals surface area contributed by atoms with E-state index in [-0.39, 0.29) is 0 Å². The molecule has 5 heteroatoms. The van der Waals surface area contributed by atoms with Crippen molar-refractivity contribution in [1.82, 2.24) is 5.43 Å². The number of methoxy groups -OCH3 is 1. The number of aliphatic hydroxyl groups excluding tert-OH is 1. The van der Waals surface area contributed by atoms with Crippen LogP contribution in [-0.4, -0.2) is 37.0 Å². The summed E-state index contributed by atoms with van der Waals surface area (Å²) in [5.41, 5.74) is 2.47. The summed E-state index contributed by atoms with van der Waals surface area (Å²) >= 11 is 0. The third-order valence-electron chi connectivity index (χ3n) is 0.849. The second-order valence-electron chi connectivity index (χ2n) is 1.99. The minimum Gasteiger partial charge on any atom is -0.465 e. The van der Waals surface area contributed by atoms with Crippen LogP contribution in [-0.2, 0) is 9.53 Å². The van der Waals surface area contributed by atoms with E-state index >= 15 is 0 Å². The minimum absolute atomic E-state index is 0.313. The molecule has 0 rings (SSSR count). The van der Waals surface area contributed by atoms with Crippen LogP contribution in [0, 0.1) is 0 Å². The lowest BCUT2D eigenvalue weighted by molar-refractivity contribution is -0.132.